The van der Waals surface area contributed by atoms with Gasteiger partial charge in [0.25, 0.3) is 0 Å². The Morgan fingerprint density at radius 3 is 3.04 bits per heavy atom. The highest BCUT2D eigenvalue weighted by molar-refractivity contribution is 7.99. The van der Waals surface area contributed by atoms with Crippen LogP contribution in [0.5, 0.6) is 0 Å². The lowest BCUT2D eigenvalue weighted by Gasteiger charge is -2.05. The minimum Gasteiger partial charge on any atom is -0.350 e. The van der Waals surface area contributed by atoms with E-state index in [1.54, 1.807) is 23.5 Å². The van der Waals surface area contributed by atoms with Crippen LogP contribution in [0, 0.1) is 5.82 Å². The topological polar surface area (TPSA) is 72.7 Å². The minimum atomic E-state index is -0.373. The number of nitrogens with zero attached hydrogens (tertiary/aromatic N) is 4. The fourth-order valence-electron chi connectivity index (χ4n) is 1.82. The Bertz CT molecular complexity index is 790. The Hall–Kier alpha value is -2.26. The van der Waals surface area contributed by atoms with Crippen molar-refractivity contribution in [3.8, 4) is 5.69 Å². The first-order chi connectivity index (χ1) is 11.2. The second-order valence-electron chi connectivity index (χ2n) is 4.50. The smallest absolute Gasteiger partial charge is 0.230 e. The molecule has 0 fully saturated rings. The highest BCUT2D eigenvalue weighted by Gasteiger charge is 2.12. The van der Waals surface area contributed by atoms with Gasteiger partial charge in [-0.1, -0.05) is 23.9 Å². The standard InChI is InChI=1S/C14H12FN5OS2/c15-10-3-1-4-11(7-10)20-14(17-18-19-20)23-9-13(21)16-8-12-5-2-6-22-12/h1-7H,8-9H2,(H,16,21). The number of aromatic nitrogens is 4. The van der Waals surface area contributed by atoms with Gasteiger partial charge in [-0.2, -0.15) is 4.68 Å². The maximum Gasteiger partial charge on any atom is 0.230 e. The van der Waals surface area contributed by atoms with E-state index in [0.29, 0.717) is 17.4 Å². The average molecular weight is 349 g/mol. The van der Waals surface area contributed by atoms with Gasteiger partial charge in [0, 0.05) is 4.88 Å². The number of halogens is 1. The number of nitrogens with one attached hydrogen (secondary N) is 1. The number of tetrazole rings is 1. The van der Waals surface area contributed by atoms with Gasteiger partial charge in [0.2, 0.25) is 11.1 Å². The summed E-state index contributed by atoms with van der Waals surface area (Å²) in [5, 5.41) is 16.5. The zero-order chi connectivity index (χ0) is 16.1. The number of hydrogen-bond donors (Lipinski definition) is 1. The van der Waals surface area contributed by atoms with Crippen molar-refractivity contribution in [1.82, 2.24) is 25.5 Å². The second-order valence-corrected chi connectivity index (χ2v) is 6.47. The number of benzene rings is 1. The molecule has 1 amide bonds. The Morgan fingerprint density at radius 2 is 2.26 bits per heavy atom. The number of thioether (sulfide) groups is 1. The van der Waals surface area contributed by atoms with Crippen LogP contribution in [-0.2, 0) is 11.3 Å². The fourth-order valence-corrected chi connectivity index (χ4v) is 3.18. The number of carbonyl (C=O) groups excluding carboxylic acids is 1. The molecule has 2 heterocycles. The van der Waals surface area contributed by atoms with E-state index in [2.05, 4.69) is 20.8 Å². The van der Waals surface area contributed by atoms with E-state index in [1.807, 2.05) is 17.5 Å². The zero-order valence-corrected chi connectivity index (χ0v) is 13.5. The lowest BCUT2D eigenvalue weighted by molar-refractivity contribution is -0.118. The lowest BCUT2D eigenvalue weighted by atomic mass is 10.3. The lowest BCUT2D eigenvalue weighted by Crippen LogP contribution is -2.24. The highest BCUT2D eigenvalue weighted by Crippen LogP contribution is 2.18. The number of hydrogen-bond acceptors (Lipinski definition) is 6. The summed E-state index contributed by atoms with van der Waals surface area (Å²) in [5.74, 6) is -0.305. The summed E-state index contributed by atoms with van der Waals surface area (Å²) in [6, 6.07) is 9.85. The Kier molecular flexibility index (Phi) is 4.99. The van der Waals surface area contributed by atoms with E-state index in [0.717, 1.165) is 4.88 Å². The molecule has 3 rings (SSSR count). The number of carbonyl (C=O) groups is 1. The minimum absolute atomic E-state index is 0.114. The van der Waals surface area contributed by atoms with Gasteiger partial charge in [-0.3, -0.25) is 4.79 Å². The number of rotatable bonds is 6. The van der Waals surface area contributed by atoms with Crippen LogP contribution in [0.3, 0.4) is 0 Å². The maximum absolute atomic E-state index is 13.3. The van der Waals surface area contributed by atoms with E-state index in [1.165, 1.54) is 28.6 Å². The molecule has 23 heavy (non-hydrogen) atoms. The van der Waals surface area contributed by atoms with Crippen LogP contribution < -0.4 is 5.32 Å². The van der Waals surface area contributed by atoms with E-state index in [-0.39, 0.29) is 17.5 Å². The van der Waals surface area contributed by atoms with E-state index >= 15 is 0 Å². The van der Waals surface area contributed by atoms with Gasteiger partial charge in [-0.15, -0.1) is 16.4 Å². The quantitative estimate of drug-likeness (QED) is 0.691. The van der Waals surface area contributed by atoms with Gasteiger partial charge in [0.1, 0.15) is 5.82 Å². The third-order valence-corrected chi connectivity index (χ3v) is 4.66. The monoisotopic (exact) mass is 349 g/mol. The van der Waals surface area contributed by atoms with Gasteiger partial charge >= 0.3 is 0 Å². The molecule has 0 unspecified atom stereocenters. The summed E-state index contributed by atoms with van der Waals surface area (Å²) < 4.78 is 14.7. The molecule has 0 bridgehead atoms. The first kappa shape index (κ1) is 15.6. The third kappa shape index (κ3) is 4.14. The SMILES string of the molecule is O=C(CSc1nnnn1-c1cccc(F)c1)NCc1cccs1. The van der Waals surface area contributed by atoms with E-state index in [4.69, 9.17) is 0 Å². The van der Waals surface area contributed by atoms with Crippen LogP contribution >= 0.6 is 23.1 Å². The van der Waals surface area contributed by atoms with Crippen LogP contribution in [0.1, 0.15) is 4.88 Å². The predicted octanol–water partition coefficient (Wildman–Crippen LogP) is 2.27. The molecule has 2 aromatic heterocycles. The molecular formula is C14H12FN5OS2. The normalized spacial score (nSPS) is 10.7. The summed E-state index contributed by atoms with van der Waals surface area (Å²) in [4.78, 5) is 13.0. The summed E-state index contributed by atoms with van der Waals surface area (Å²) in [7, 11) is 0. The van der Waals surface area contributed by atoms with Gasteiger partial charge in [-0.25, -0.2) is 4.39 Å². The Labute approximate surface area is 139 Å². The van der Waals surface area contributed by atoms with Crippen LogP contribution in [0.4, 0.5) is 4.39 Å². The molecule has 3 aromatic rings. The predicted molar refractivity (Wildman–Crippen MR) is 86.0 cm³/mol. The molecule has 9 heteroatoms. The van der Waals surface area contributed by atoms with Crippen LogP contribution in [0.25, 0.3) is 5.69 Å². The van der Waals surface area contributed by atoms with Crippen molar-refractivity contribution in [3.63, 3.8) is 0 Å². The molecule has 118 valence electrons. The molecule has 0 saturated carbocycles. The second kappa shape index (κ2) is 7.34. The molecule has 6 nitrogen and oxygen atoms in total. The van der Waals surface area contributed by atoms with Crippen LogP contribution in [0.2, 0.25) is 0 Å². The molecule has 0 radical (unpaired) electrons. The van der Waals surface area contributed by atoms with Crippen LogP contribution in [0.15, 0.2) is 46.9 Å². The third-order valence-electron chi connectivity index (χ3n) is 2.87. The Morgan fingerprint density at radius 1 is 1.35 bits per heavy atom. The fraction of sp³-hybridized carbons (Fsp3) is 0.143. The molecule has 1 N–H and O–H groups in total. The maximum atomic E-state index is 13.3. The van der Waals surface area contributed by atoms with E-state index < -0.39 is 0 Å². The summed E-state index contributed by atoms with van der Waals surface area (Å²) in [6.45, 7) is 0.506. The van der Waals surface area contributed by atoms with Gasteiger partial charge in [0.05, 0.1) is 18.0 Å². The molecule has 0 spiro atoms. The summed E-state index contributed by atoms with van der Waals surface area (Å²) in [5.41, 5.74) is 0.511. The molecular weight excluding hydrogens is 337 g/mol. The first-order valence-electron chi connectivity index (χ1n) is 6.68. The molecule has 0 aliphatic heterocycles. The van der Waals surface area contributed by atoms with Crippen molar-refractivity contribution in [2.24, 2.45) is 0 Å². The van der Waals surface area contributed by atoms with Crippen LogP contribution in [-0.4, -0.2) is 31.9 Å². The molecule has 0 atom stereocenters. The van der Waals surface area contributed by atoms with Crippen molar-refractivity contribution in [1.29, 1.82) is 0 Å². The van der Waals surface area contributed by atoms with Crippen molar-refractivity contribution < 1.29 is 9.18 Å². The van der Waals surface area contributed by atoms with Gasteiger partial charge < -0.3 is 5.32 Å². The summed E-state index contributed by atoms with van der Waals surface area (Å²) >= 11 is 2.78. The van der Waals surface area contributed by atoms with Crippen molar-refractivity contribution in [2.45, 2.75) is 11.7 Å². The van der Waals surface area contributed by atoms with Crippen molar-refractivity contribution >= 4 is 29.0 Å². The van der Waals surface area contributed by atoms with E-state index in [9.17, 15) is 9.18 Å². The van der Waals surface area contributed by atoms with Crippen molar-refractivity contribution in [2.75, 3.05) is 5.75 Å². The molecule has 0 aliphatic carbocycles. The Balaban J connectivity index is 1.58. The number of thiophene rings is 1. The summed E-state index contributed by atoms with van der Waals surface area (Å²) in [6.07, 6.45) is 0. The highest BCUT2D eigenvalue weighted by atomic mass is 32.2. The first-order valence-corrected chi connectivity index (χ1v) is 8.55. The molecule has 1 aromatic carbocycles. The average Bonchev–Trinajstić information content (AvgIpc) is 3.22. The number of amides is 1. The molecule has 0 saturated heterocycles. The molecule has 0 aliphatic rings. The van der Waals surface area contributed by atoms with Gasteiger partial charge in [0.15, 0.2) is 0 Å². The largest absolute Gasteiger partial charge is 0.350 e. The van der Waals surface area contributed by atoms with Gasteiger partial charge in [-0.05, 0) is 40.1 Å². The van der Waals surface area contributed by atoms with Crippen molar-refractivity contribution in [3.05, 3.63) is 52.5 Å². The zero-order valence-electron chi connectivity index (χ0n) is 11.8.